The second-order valence-corrected chi connectivity index (χ2v) is 6.72. The van der Waals surface area contributed by atoms with Crippen molar-refractivity contribution in [3.05, 3.63) is 47.9 Å². The van der Waals surface area contributed by atoms with Crippen LogP contribution in [0.2, 0.25) is 0 Å². The summed E-state index contributed by atoms with van der Waals surface area (Å²) in [4.78, 5) is 0.188. The Morgan fingerprint density at radius 1 is 1.30 bits per heavy atom. The molecule has 0 aliphatic heterocycles. The number of hydrogen-bond donors (Lipinski definition) is 1. The zero-order chi connectivity index (χ0) is 16.9. The van der Waals surface area contributed by atoms with E-state index in [0.29, 0.717) is 18.1 Å². The van der Waals surface area contributed by atoms with Gasteiger partial charge in [-0.25, -0.2) is 13.1 Å². The number of aryl methyl sites for hydroxylation is 1. The Kier molecular flexibility index (Phi) is 5.81. The van der Waals surface area contributed by atoms with Gasteiger partial charge in [0.1, 0.15) is 17.6 Å². The third-order valence-corrected chi connectivity index (χ3v) is 4.78. The van der Waals surface area contributed by atoms with E-state index in [9.17, 15) is 8.42 Å². The minimum absolute atomic E-state index is 0.0820. The summed E-state index contributed by atoms with van der Waals surface area (Å²) in [6.45, 7) is 4.30. The molecule has 0 radical (unpaired) electrons. The number of nitrogens with one attached hydrogen (secondary N) is 1. The van der Waals surface area contributed by atoms with Crippen LogP contribution in [0.5, 0.6) is 5.75 Å². The SMILES string of the molecule is CCOc1ccc(S(=O)(=O)NCC(OC)c2ccco2)cc1C. The van der Waals surface area contributed by atoms with Gasteiger partial charge in [-0.2, -0.15) is 0 Å². The van der Waals surface area contributed by atoms with E-state index in [-0.39, 0.29) is 11.4 Å². The summed E-state index contributed by atoms with van der Waals surface area (Å²) >= 11 is 0. The summed E-state index contributed by atoms with van der Waals surface area (Å²) in [7, 11) is -2.14. The number of ether oxygens (including phenoxy) is 2. The van der Waals surface area contributed by atoms with E-state index in [1.54, 1.807) is 24.3 Å². The number of hydrogen-bond acceptors (Lipinski definition) is 5. The molecule has 0 fully saturated rings. The van der Waals surface area contributed by atoms with Crippen molar-refractivity contribution < 1.29 is 22.3 Å². The number of benzene rings is 1. The second kappa shape index (κ2) is 7.63. The van der Waals surface area contributed by atoms with Crippen LogP contribution in [0, 0.1) is 6.92 Å². The zero-order valence-corrected chi connectivity index (χ0v) is 14.2. The minimum atomic E-state index is -3.64. The predicted molar refractivity (Wildman–Crippen MR) is 86.0 cm³/mol. The highest BCUT2D eigenvalue weighted by Crippen LogP contribution is 2.22. The maximum absolute atomic E-state index is 12.4. The lowest BCUT2D eigenvalue weighted by molar-refractivity contribution is 0.0878. The molecule has 6 nitrogen and oxygen atoms in total. The molecule has 0 saturated carbocycles. The first-order valence-electron chi connectivity index (χ1n) is 7.27. The van der Waals surface area contributed by atoms with E-state index in [0.717, 1.165) is 5.56 Å². The quantitative estimate of drug-likeness (QED) is 0.800. The molecule has 7 heteroatoms. The van der Waals surface area contributed by atoms with Crippen molar-refractivity contribution in [2.45, 2.75) is 24.8 Å². The van der Waals surface area contributed by atoms with Crippen LogP contribution in [0.1, 0.15) is 24.4 Å². The molecule has 2 aromatic rings. The highest BCUT2D eigenvalue weighted by atomic mass is 32.2. The fourth-order valence-corrected chi connectivity index (χ4v) is 3.27. The molecule has 23 heavy (non-hydrogen) atoms. The van der Waals surface area contributed by atoms with Gasteiger partial charge < -0.3 is 13.9 Å². The van der Waals surface area contributed by atoms with Crippen molar-refractivity contribution in [2.24, 2.45) is 0 Å². The molecule has 126 valence electrons. The maximum Gasteiger partial charge on any atom is 0.240 e. The van der Waals surface area contributed by atoms with Gasteiger partial charge in [-0.15, -0.1) is 0 Å². The lowest BCUT2D eigenvalue weighted by atomic mass is 10.2. The molecule has 1 heterocycles. The van der Waals surface area contributed by atoms with E-state index in [1.165, 1.54) is 19.4 Å². The first kappa shape index (κ1) is 17.5. The van der Waals surface area contributed by atoms with Crippen molar-refractivity contribution in [3.63, 3.8) is 0 Å². The lowest BCUT2D eigenvalue weighted by Crippen LogP contribution is -2.29. The van der Waals surface area contributed by atoms with Crippen LogP contribution in [-0.4, -0.2) is 28.7 Å². The van der Waals surface area contributed by atoms with Crippen LogP contribution in [0.4, 0.5) is 0 Å². The van der Waals surface area contributed by atoms with Crippen molar-refractivity contribution in [1.29, 1.82) is 0 Å². The van der Waals surface area contributed by atoms with Crippen LogP contribution in [0.3, 0.4) is 0 Å². The van der Waals surface area contributed by atoms with Crippen LogP contribution in [0.15, 0.2) is 45.9 Å². The zero-order valence-electron chi connectivity index (χ0n) is 13.4. The van der Waals surface area contributed by atoms with Gasteiger partial charge in [0.2, 0.25) is 10.0 Å². The number of rotatable bonds is 8. The standard InChI is InChI=1S/C16H21NO5S/c1-4-21-14-8-7-13(10-12(14)2)23(18,19)17-11-16(20-3)15-6-5-9-22-15/h5-10,16-17H,4,11H2,1-3H3. The van der Waals surface area contributed by atoms with Crippen molar-refractivity contribution in [3.8, 4) is 5.75 Å². The van der Waals surface area contributed by atoms with E-state index in [1.807, 2.05) is 13.8 Å². The van der Waals surface area contributed by atoms with Crippen LogP contribution in [-0.2, 0) is 14.8 Å². The van der Waals surface area contributed by atoms with Gasteiger partial charge in [0.15, 0.2) is 0 Å². The van der Waals surface area contributed by atoms with Gasteiger partial charge in [0.25, 0.3) is 0 Å². The third-order valence-electron chi connectivity index (χ3n) is 3.36. The van der Waals surface area contributed by atoms with Gasteiger partial charge in [-0.1, -0.05) is 0 Å². The highest BCUT2D eigenvalue weighted by Gasteiger charge is 2.20. The third kappa shape index (κ3) is 4.34. The molecule has 0 spiro atoms. The topological polar surface area (TPSA) is 77.8 Å². The average Bonchev–Trinajstić information content (AvgIpc) is 3.04. The van der Waals surface area contributed by atoms with Crippen molar-refractivity contribution in [2.75, 3.05) is 20.3 Å². The Bertz CT molecular complexity index is 725. The first-order valence-corrected chi connectivity index (χ1v) is 8.75. The molecule has 1 aromatic carbocycles. The fraction of sp³-hybridized carbons (Fsp3) is 0.375. The molecule has 1 aromatic heterocycles. The summed E-state index contributed by atoms with van der Waals surface area (Å²) in [6, 6.07) is 8.24. The summed E-state index contributed by atoms with van der Waals surface area (Å²) in [5.74, 6) is 1.25. The Labute approximate surface area is 136 Å². The summed E-state index contributed by atoms with van der Waals surface area (Å²) < 4.78 is 43.3. The number of sulfonamides is 1. The normalized spacial score (nSPS) is 13.0. The minimum Gasteiger partial charge on any atom is -0.494 e. The Hall–Kier alpha value is -1.83. The molecule has 0 aliphatic rings. The molecule has 0 saturated heterocycles. The van der Waals surface area contributed by atoms with E-state index < -0.39 is 16.1 Å². The summed E-state index contributed by atoms with van der Waals surface area (Å²) in [5.41, 5.74) is 0.768. The molecule has 0 bridgehead atoms. The first-order chi connectivity index (χ1) is 11.0. The van der Waals surface area contributed by atoms with Gasteiger partial charge >= 0.3 is 0 Å². The van der Waals surface area contributed by atoms with Gasteiger partial charge in [-0.3, -0.25) is 0 Å². The maximum atomic E-state index is 12.4. The number of methoxy groups -OCH3 is 1. The van der Waals surface area contributed by atoms with Crippen molar-refractivity contribution in [1.82, 2.24) is 4.72 Å². The Morgan fingerprint density at radius 2 is 2.09 bits per heavy atom. The Morgan fingerprint density at radius 3 is 2.65 bits per heavy atom. The van der Waals surface area contributed by atoms with Crippen LogP contribution < -0.4 is 9.46 Å². The second-order valence-electron chi connectivity index (χ2n) is 4.95. The van der Waals surface area contributed by atoms with E-state index in [4.69, 9.17) is 13.9 Å². The summed E-state index contributed by atoms with van der Waals surface area (Å²) in [5, 5.41) is 0. The van der Waals surface area contributed by atoms with E-state index >= 15 is 0 Å². The van der Waals surface area contributed by atoms with E-state index in [2.05, 4.69) is 4.72 Å². The van der Waals surface area contributed by atoms with Gasteiger partial charge in [0, 0.05) is 13.7 Å². The molecular formula is C16H21NO5S. The molecule has 0 aliphatic carbocycles. The smallest absolute Gasteiger partial charge is 0.240 e. The highest BCUT2D eigenvalue weighted by molar-refractivity contribution is 7.89. The van der Waals surface area contributed by atoms with Crippen LogP contribution >= 0.6 is 0 Å². The summed E-state index contributed by atoms with van der Waals surface area (Å²) in [6.07, 6.45) is 1.04. The molecule has 0 amide bonds. The molecule has 1 unspecified atom stereocenters. The number of furan rings is 1. The molecule has 2 rings (SSSR count). The van der Waals surface area contributed by atoms with Gasteiger partial charge in [-0.05, 0) is 49.7 Å². The molecule has 1 N–H and O–H groups in total. The predicted octanol–water partition coefficient (Wildman–Crippen LogP) is 2.65. The van der Waals surface area contributed by atoms with Gasteiger partial charge in [0.05, 0.1) is 17.8 Å². The van der Waals surface area contributed by atoms with Crippen LogP contribution in [0.25, 0.3) is 0 Å². The fourth-order valence-electron chi connectivity index (χ4n) is 2.15. The average molecular weight is 339 g/mol. The lowest BCUT2D eigenvalue weighted by Gasteiger charge is -2.15. The molecule has 1 atom stereocenters. The monoisotopic (exact) mass is 339 g/mol. The Balaban J connectivity index is 2.11. The largest absolute Gasteiger partial charge is 0.494 e. The molecular weight excluding hydrogens is 318 g/mol. The van der Waals surface area contributed by atoms with Crippen molar-refractivity contribution >= 4 is 10.0 Å².